The largest absolute Gasteiger partial charge is 0.387 e. The first-order valence-electron chi connectivity index (χ1n) is 11.2. The van der Waals surface area contributed by atoms with Gasteiger partial charge >= 0.3 is 0 Å². The van der Waals surface area contributed by atoms with Crippen LogP contribution in [0.15, 0.2) is 54.6 Å². The summed E-state index contributed by atoms with van der Waals surface area (Å²) in [7, 11) is 0. The minimum Gasteiger partial charge on any atom is -0.387 e. The second-order valence-electron chi connectivity index (χ2n) is 8.81. The van der Waals surface area contributed by atoms with Gasteiger partial charge in [0.1, 0.15) is 5.82 Å². The maximum atomic E-state index is 13.9. The Balaban J connectivity index is 0.00000259. The van der Waals surface area contributed by atoms with Gasteiger partial charge in [0.2, 0.25) is 0 Å². The molecule has 0 aliphatic carbocycles. The number of hydrogen-bond donors (Lipinski definition) is 1. The summed E-state index contributed by atoms with van der Waals surface area (Å²) in [4.78, 5) is 7.27. The highest BCUT2D eigenvalue weighted by Gasteiger charge is 2.25. The van der Waals surface area contributed by atoms with Crippen LogP contribution in [0.4, 0.5) is 10.2 Å². The zero-order chi connectivity index (χ0) is 22.4. The van der Waals surface area contributed by atoms with Crippen molar-refractivity contribution < 1.29 is 9.50 Å². The Hall–Kier alpha value is -2.89. The summed E-state index contributed by atoms with van der Waals surface area (Å²) in [5.74, 6) is 0.663. The maximum absolute atomic E-state index is 13.9. The SMILES string of the molecule is Cc1c(C)n(Cc2cccc(F)c2)c2c(N3CCc4ccccc4C3)nc(C(C)O)cc12.Cl. The van der Waals surface area contributed by atoms with Crippen LogP contribution in [0.5, 0.6) is 0 Å². The predicted molar refractivity (Wildman–Crippen MR) is 134 cm³/mol. The molecule has 0 spiro atoms. The van der Waals surface area contributed by atoms with E-state index in [0.717, 1.165) is 47.5 Å². The number of benzene rings is 2. The molecule has 0 fully saturated rings. The van der Waals surface area contributed by atoms with Crippen molar-refractivity contribution in [3.63, 3.8) is 0 Å². The van der Waals surface area contributed by atoms with Gasteiger partial charge in [0.05, 0.1) is 17.3 Å². The maximum Gasteiger partial charge on any atom is 0.153 e. The summed E-state index contributed by atoms with van der Waals surface area (Å²) in [5, 5.41) is 11.5. The third-order valence-corrected chi connectivity index (χ3v) is 6.70. The van der Waals surface area contributed by atoms with Crippen LogP contribution in [0.1, 0.15) is 46.7 Å². The molecule has 0 amide bonds. The number of aryl methyl sites for hydroxylation is 1. The van der Waals surface area contributed by atoms with E-state index in [1.165, 1.54) is 22.8 Å². The van der Waals surface area contributed by atoms with E-state index in [0.29, 0.717) is 12.2 Å². The van der Waals surface area contributed by atoms with Crippen molar-refractivity contribution in [1.29, 1.82) is 0 Å². The van der Waals surface area contributed by atoms with Crippen LogP contribution in [0.2, 0.25) is 0 Å². The van der Waals surface area contributed by atoms with Crippen molar-refractivity contribution in [2.45, 2.75) is 46.4 Å². The molecule has 0 bridgehead atoms. The predicted octanol–water partition coefficient (Wildman–Crippen LogP) is 5.88. The number of hydrogen-bond acceptors (Lipinski definition) is 3. The van der Waals surface area contributed by atoms with E-state index in [1.54, 1.807) is 19.1 Å². The monoisotopic (exact) mass is 465 g/mol. The van der Waals surface area contributed by atoms with Gasteiger partial charge < -0.3 is 14.6 Å². The Kier molecular flexibility index (Phi) is 6.46. The third-order valence-electron chi connectivity index (χ3n) is 6.70. The molecule has 2 aromatic heterocycles. The van der Waals surface area contributed by atoms with Gasteiger partial charge in [-0.25, -0.2) is 9.37 Å². The number of rotatable bonds is 4. The van der Waals surface area contributed by atoms with Crippen molar-refractivity contribution in [3.05, 3.63) is 94.1 Å². The molecule has 0 saturated carbocycles. The molecule has 0 saturated heterocycles. The van der Waals surface area contributed by atoms with Crippen LogP contribution < -0.4 is 4.90 Å². The van der Waals surface area contributed by atoms with Gasteiger partial charge in [-0.15, -0.1) is 12.4 Å². The van der Waals surface area contributed by atoms with Gasteiger partial charge in [-0.3, -0.25) is 0 Å². The van der Waals surface area contributed by atoms with E-state index >= 15 is 0 Å². The molecule has 2 aromatic carbocycles. The molecule has 4 nitrogen and oxygen atoms in total. The summed E-state index contributed by atoms with van der Waals surface area (Å²) < 4.78 is 16.1. The molecule has 1 unspecified atom stereocenters. The Morgan fingerprint density at radius 1 is 1.06 bits per heavy atom. The number of aliphatic hydroxyl groups excluding tert-OH is 1. The van der Waals surface area contributed by atoms with Gasteiger partial charge in [-0.05, 0) is 67.6 Å². The van der Waals surface area contributed by atoms with Gasteiger partial charge in [0, 0.05) is 30.7 Å². The quantitative estimate of drug-likeness (QED) is 0.409. The smallest absolute Gasteiger partial charge is 0.153 e. The van der Waals surface area contributed by atoms with Crippen molar-refractivity contribution in [3.8, 4) is 0 Å². The highest BCUT2D eigenvalue weighted by molar-refractivity contribution is 5.94. The van der Waals surface area contributed by atoms with Gasteiger partial charge in [0.25, 0.3) is 0 Å². The first-order chi connectivity index (χ1) is 15.4. The van der Waals surface area contributed by atoms with Crippen molar-refractivity contribution in [2.75, 3.05) is 11.4 Å². The fourth-order valence-corrected chi connectivity index (χ4v) is 4.79. The summed E-state index contributed by atoms with van der Waals surface area (Å²) in [6.45, 7) is 8.19. The average Bonchev–Trinajstić information content (AvgIpc) is 3.03. The normalized spacial score (nSPS) is 14.2. The van der Waals surface area contributed by atoms with Crippen LogP contribution in [0, 0.1) is 19.7 Å². The molecule has 33 heavy (non-hydrogen) atoms. The minimum atomic E-state index is -0.651. The number of halogens is 2. The molecule has 1 aliphatic heterocycles. The van der Waals surface area contributed by atoms with Crippen molar-refractivity contribution in [1.82, 2.24) is 9.55 Å². The van der Waals surface area contributed by atoms with Gasteiger partial charge in [0.15, 0.2) is 5.82 Å². The second-order valence-corrected chi connectivity index (χ2v) is 8.81. The summed E-state index contributed by atoms with van der Waals surface area (Å²) in [6.07, 6.45) is 0.308. The number of aromatic nitrogens is 2. The standard InChI is InChI=1S/C27H28FN3O.ClH/c1-17-18(2)31(15-20-7-6-10-23(28)13-20)26-24(17)14-25(19(3)32)29-27(26)30-12-11-21-8-4-5-9-22(21)16-30;/h4-10,13-14,19,32H,11-12,15-16H2,1-3H3;1H. The Bertz CT molecular complexity index is 1310. The molecular weight excluding hydrogens is 437 g/mol. The first kappa shape index (κ1) is 23.3. The minimum absolute atomic E-state index is 0. The molecule has 5 rings (SSSR count). The molecule has 172 valence electrons. The van der Waals surface area contributed by atoms with E-state index in [-0.39, 0.29) is 18.2 Å². The number of fused-ring (bicyclic) bond motifs is 2. The van der Waals surface area contributed by atoms with E-state index < -0.39 is 6.10 Å². The number of anilines is 1. The van der Waals surface area contributed by atoms with E-state index in [9.17, 15) is 9.50 Å². The summed E-state index contributed by atoms with van der Waals surface area (Å²) in [5.41, 5.74) is 7.64. The second kappa shape index (κ2) is 9.16. The Labute approximate surface area is 200 Å². The lowest BCUT2D eigenvalue weighted by atomic mass is 9.99. The van der Waals surface area contributed by atoms with Gasteiger partial charge in [-0.2, -0.15) is 0 Å². The van der Waals surface area contributed by atoms with Gasteiger partial charge in [-0.1, -0.05) is 36.4 Å². The lowest BCUT2D eigenvalue weighted by Crippen LogP contribution is -2.31. The Morgan fingerprint density at radius 2 is 1.82 bits per heavy atom. The molecule has 6 heteroatoms. The zero-order valence-corrected chi connectivity index (χ0v) is 20.0. The lowest BCUT2D eigenvalue weighted by molar-refractivity contribution is 0.194. The highest BCUT2D eigenvalue weighted by Crippen LogP contribution is 2.36. The molecule has 1 N–H and O–H groups in total. The number of pyridine rings is 1. The number of aliphatic hydroxyl groups is 1. The van der Waals surface area contributed by atoms with Crippen molar-refractivity contribution in [2.24, 2.45) is 0 Å². The molecular formula is C27H29ClFN3O. The van der Waals surface area contributed by atoms with Crippen LogP contribution in [0.3, 0.4) is 0 Å². The highest BCUT2D eigenvalue weighted by atomic mass is 35.5. The number of nitrogens with zero attached hydrogens (tertiary/aromatic N) is 3. The zero-order valence-electron chi connectivity index (χ0n) is 19.2. The molecule has 3 heterocycles. The van der Waals surface area contributed by atoms with E-state index in [4.69, 9.17) is 4.98 Å². The topological polar surface area (TPSA) is 41.3 Å². The fourth-order valence-electron chi connectivity index (χ4n) is 4.79. The lowest BCUT2D eigenvalue weighted by Gasteiger charge is -2.31. The summed E-state index contributed by atoms with van der Waals surface area (Å²) >= 11 is 0. The summed E-state index contributed by atoms with van der Waals surface area (Å²) in [6, 6.07) is 17.3. The van der Waals surface area contributed by atoms with Crippen LogP contribution in [-0.2, 0) is 19.5 Å². The Morgan fingerprint density at radius 3 is 2.55 bits per heavy atom. The fraction of sp³-hybridized carbons (Fsp3) is 0.296. The molecule has 1 aliphatic rings. The first-order valence-corrected chi connectivity index (χ1v) is 11.2. The van der Waals surface area contributed by atoms with Crippen LogP contribution >= 0.6 is 12.4 Å². The van der Waals surface area contributed by atoms with E-state index in [1.807, 2.05) is 12.1 Å². The molecule has 4 aromatic rings. The van der Waals surface area contributed by atoms with E-state index in [2.05, 4.69) is 47.6 Å². The van der Waals surface area contributed by atoms with Crippen LogP contribution in [-0.4, -0.2) is 21.2 Å². The average molecular weight is 466 g/mol. The van der Waals surface area contributed by atoms with Crippen molar-refractivity contribution >= 4 is 29.1 Å². The molecule has 1 atom stereocenters. The van der Waals surface area contributed by atoms with Crippen LogP contribution in [0.25, 0.3) is 10.9 Å². The molecule has 0 radical (unpaired) electrons. The third kappa shape index (κ3) is 4.23.